The fourth-order valence-electron chi connectivity index (χ4n) is 5.98. The van der Waals surface area contributed by atoms with E-state index in [-0.39, 0.29) is 0 Å². The topological polar surface area (TPSA) is 0 Å². The molecule has 0 amide bonds. The van der Waals surface area contributed by atoms with Crippen LogP contribution in [0.1, 0.15) is 66.7 Å². The van der Waals surface area contributed by atoms with Crippen LogP contribution in [0.2, 0.25) is 0 Å². The van der Waals surface area contributed by atoms with Crippen molar-refractivity contribution in [2.45, 2.75) is 66.7 Å². The molecule has 4 bridgehead atoms. The van der Waals surface area contributed by atoms with Crippen molar-refractivity contribution in [3.05, 3.63) is 23.3 Å². The monoisotopic (exact) mass is 272 g/mol. The van der Waals surface area contributed by atoms with E-state index in [1.165, 1.54) is 37.7 Å². The van der Waals surface area contributed by atoms with Gasteiger partial charge in [-0.3, -0.25) is 0 Å². The normalized spacial score (nSPS) is 43.4. The molecule has 0 aromatic rings. The van der Waals surface area contributed by atoms with Crippen molar-refractivity contribution in [2.75, 3.05) is 0 Å². The first-order chi connectivity index (χ1) is 9.45. The molecule has 0 aromatic heterocycles. The van der Waals surface area contributed by atoms with E-state index in [1.54, 1.807) is 5.57 Å². The lowest BCUT2D eigenvalue weighted by molar-refractivity contribution is -0.183. The molecular formula is C20H32. The summed E-state index contributed by atoms with van der Waals surface area (Å²) >= 11 is 0. The van der Waals surface area contributed by atoms with Crippen molar-refractivity contribution in [2.24, 2.45) is 35.0 Å². The molecule has 0 heterocycles. The molecular weight excluding hydrogens is 240 g/mol. The van der Waals surface area contributed by atoms with Gasteiger partial charge in [0.15, 0.2) is 0 Å². The average Bonchev–Trinajstić information content (AvgIpc) is 2.38. The van der Waals surface area contributed by atoms with Gasteiger partial charge in [0.25, 0.3) is 0 Å². The second-order valence-electron chi connectivity index (χ2n) is 8.39. The van der Waals surface area contributed by atoms with E-state index in [1.807, 2.05) is 0 Å². The average molecular weight is 272 g/mol. The molecule has 0 saturated heterocycles. The number of hydrogen-bond acceptors (Lipinski definition) is 0. The van der Waals surface area contributed by atoms with E-state index in [0.29, 0.717) is 5.41 Å². The maximum atomic E-state index is 2.58. The van der Waals surface area contributed by atoms with Gasteiger partial charge in [-0.2, -0.15) is 0 Å². The molecule has 4 aliphatic carbocycles. The van der Waals surface area contributed by atoms with Crippen LogP contribution >= 0.6 is 0 Å². The Morgan fingerprint density at radius 2 is 2.20 bits per heavy atom. The van der Waals surface area contributed by atoms with Crippen molar-refractivity contribution in [3.8, 4) is 0 Å². The zero-order valence-corrected chi connectivity index (χ0v) is 14.1. The van der Waals surface area contributed by atoms with Crippen molar-refractivity contribution in [3.63, 3.8) is 0 Å². The maximum Gasteiger partial charge on any atom is -0.0115 e. The van der Waals surface area contributed by atoms with Crippen LogP contribution in [-0.4, -0.2) is 0 Å². The number of fused-ring (bicyclic) bond motifs is 2. The third-order valence-electron chi connectivity index (χ3n) is 7.01. The zero-order chi connectivity index (χ0) is 14.5. The lowest BCUT2D eigenvalue weighted by Crippen LogP contribution is -2.64. The third kappa shape index (κ3) is 2.02. The molecule has 6 atom stereocenters. The van der Waals surface area contributed by atoms with Crippen LogP contribution in [0.4, 0.5) is 0 Å². The minimum Gasteiger partial charge on any atom is -0.0859 e. The second-order valence-corrected chi connectivity index (χ2v) is 8.39. The van der Waals surface area contributed by atoms with Crippen LogP contribution in [0.25, 0.3) is 0 Å². The van der Waals surface area contributed by atoms with E-state index >= 15 is 0 Å². The van der Waals surface area contributed by atoms with Gasteiger partial charge in [-0.25, -0.2) is 0 Å². The number of rotatable bonds is 4. The van der Waals surface area contributed by atoms with Gasteiger partial charge in [-0.1, -0.05) is 37.1 Å². The van der Waals surface area contributed by atoms with Crippen molar-refractivity contribution < 1.29 is 0 Å². The predicted molar refractivity (Wildman–Crippen MR) is 87.5 cm³/mol. The Morgan fingerprint density at radius 3 is 2.85 bits per heavy atom. The standard InChI is InChI=1S/C20H32/c1-13(2)7-6-8-14(3)16-11-12-20(5)17-10-9-15(4)19(20)18(16)17/h7,9,14,16-19H,6,8,10-12H2,1-5H3/t14?,16?,17-,18-,19+,20?/m0/s1. The fourth-order valence-corrected chi connectivity index (χ4v) is 5.98. The SMILES string of the molecule is CC(C)=CCCC(C)C1CCC2(C)[C@@H]3C(C)=CC[C@H]2[C@H]13. The molecule has 0 heteroatoms. The third-order valence-corrected chi connectivity index (χ3v) is 7.01. The molecule has 112 valence electrons. The molecule has 3 unspecified atom stereocenters. The first kappa shape index (κ1) is 14.4. The van der Waals surface area contributed by atoms with E-state index in [2.05, 4.69) is 46.8 Å². The Hall–Kier alpha value is -0.520. The van der Waals surface area contributed by atoms with E-state index in [9.17, 15) is 0 Å². The van der Waals surface area contributed by atoms with Gasteiger partial charge in [-0.15, -0.1) is 0 Å². The summed E-state index contributed by atoms with van der Waals surface area (Å²) < 4.78 is 0. The minimum absolute atomic E-state index is 0.680. The molecule has 0 aromatic carbocycles. The lowest BCUT2D eigenvalue weighted by atomic mass is 9.34. The van der Waals surface area contributed by atoms with Crippen LogP contribution in [0.15, 0.2) is 23.3 Å². The highest BCUT2D eigenvalue weighted by atomic mass is 14.7. The Bertz CT molecular complexity index is 437. The highest BCUT2D eigenvalue weighted by Crippen LogP contribution is 2.72. The summed E-state index contributed by atoms with van der Waals surface area (Å²) in [5.41, 5.74) is 3.88. The predicted octanol–water partition coefficient (Wildman–Crippen LogP) is 6.00. The maximum absolute atomic E-state index is 2.58. The van der Waals surface area contributed by atoms with Gasteiger partial charge in [0.2, 0.25) is 0 Å². The molecule has 3 saturated carbocycles. The first-order valence-corrected chi connectivity index (χ1v) is 8.75. The molecule has 0 N–H and O–H groups in total. The Morgan fingerprint density at radius 1 is 1.45 bits per heavy atom. The summed E-state index contributed by atoms with van der Waals surface area (Å²) in [4.78, 5) is 0. The largest absolute Gasteiger partial charge is 0.0859 e. The summed E-state index contributed by atoms with van der Waals surface area (Å²) in [7, 11) is 0. The molecule has 4 aliphatic rings. The molecule has 20 heavy (non-hydrogen) atoms. The van der Waals surface area contributed by atoms with Crippen LogP contribution in [-0.2, 0) is 0 Å². The highest BCUT2D eigenvalue weighted by Gasteiger charge is 2.65. The first-order valence-electron chi connectivity index (χ1n) is 8.75. The van der Waals surface area contributed by atoms with Gasteiger partial charge >= 0.3 is 0 Å². The van der Waals surface area contributed by atoms with Crippen molar-refractivity contribution >= 4 is 0 Å². The van der Waals surface area contributed by atoms with Gasteiger partial charge in [0, 0.05) is 0 Å². The van der Waals surface area contributed by atoms with Crippen LogP contribution in [0, 0.1) is 35.0 Å². The quantitative estimate of drug-likeness (QED) is 0.551. The van der Waals surface area contributed by atoms with Crippen molar-refractivity contribution in [1.29, 1.82) is 0 Å². The van der Waals surface area contributed by atoms with Gasteiger partial charge < -0.3 is 0 Å². The molecule has 0 spiro atoms. The number of hydrogen-bond donors (Lipinski definition) is 0. The van der Waals surface area contributed by atoms with Gasteiger partial charge in [0.1, 0.15) is 0 Å². The van der Waals surface area contributed by atoms with Gasteiger partial charge in [0.05, 0.1) is 0 Å². The summed E-state index contributed by atoms with van der Waals surface area (Å²) in [6.07, 6.45) is 12.0. The van der Waals surface area contributed by atoms with Crippen LogP contribution in [0.3, 0.4) is 0 Å². The summed E-state index contributed by atoms with van der Waals surface area (Å²) in [6.45, 7) is 12.0. The highest BCUT2D eigenvalue weighted by molar-refractivity contribution is 5.28. The lowest BCUT2D eigenvalue weighted by Gasteiger charge is -2.70. The minimum atomic E-state index is 0.680. The summed E-state index contributed by atoms with van der Waals surface area (Å²) in [5.74, 6) is 4.89. The summed E-state index contributed by atoms with van der Waals surface area (Å²) in [5, 5.41) is 0. The fraction of sp³-hybridized carbons (Fsp3) is 0.800. The Labute approximate surface area is 125 Å². The Balaban J connectivity index is 1.68. The summed E-state index contributed by atoms with van der Waals surface area (Å²) in [6, 6.07) is 0. The van der Waals surface area contributed by atoms with E-state index in [4.69, 9.17) is 0 Å². The number of allylic oxidation sites excluding steroid dienone is 4. The Kier molecular flexibility index (Phi) is 3.63. The molecule has 0 nitrogen and oxygen atoms in total. The molecule has 0 aliphatic heterocycles. The van der Waals surface area contributed by atoms with E-state index < -0.39 is 0 Å². The van der Waals surface area contributed by atoms with Crippen LogP contribution < -0.4 is 0 Å². The molecule has 4 rings (SSSR count). The van der Waals surface area contributed by atoms with Gasteiger partial charge in [-0.05, 0) is 87.9 Å². The smallest absolute Gasteiger partial charge is 0.0115 e. The van der Waals surface area contributed by atoms with Crippen LogP contribution in [0.5, 0.6) is 0 Å². The van der Waals surface area contributed by atoms with Crippen molar-refractivity contribution in [1.82, 2.24) is 0 Å². The zero-order valence-electron chi connectivity index (χ0n) is 14.1. The second kappa shape index (κ2) is 5.04. The molecule has 0 radical (unpaired) electrons. The van der Waals surface area contributed by atoms with E-state index in [0.717, 1.165) is 29.6 Å². The molecule has 3 fully saturated rings.